The minimum absolute atomic E-state index is 0.0222. The number of carbonyl (C=O) groups is 1. The Bertz CT molecular complexity index is 968. The standard InChI is InChI=1S/C28H32N2O2/c31-23-28(16-18-29(19-17-28)20-24-10-4-1-5-11-24)22-30(21-25-12-6-2-7-13-25)27(32)26-14-8-3-9-15-26/h1-15,31H,16-23H2. The molecule has 1 fully saturated rings. The van der Waals surface area contributed by atoms with Crippen LogP contribution >= 0.6 is 0 Å². The van der Waals surface area contributed by atoms with Gasteiger partial charge in [0.05, 0.1) is 6.61 Å². The third-order valence-electron chi connectivity index (χ3n) is 6.55. The quantitative estimate of drug-likeness (QED) is 0.570. The molecule has 0 unspecified atom stereocenters. The van der Waals surface area contributed by atoms with E-state index in [-0.39, 0.29) is 17.9 Å². The summed E-state index contributed by atoms with van der Waals surface area (Å²) in [4.78, 5) is 17.8. The maximum atomic E-state index is 13.4. The zero-order chi connectivity index (χ0) is 22.2. The lowest BCUT2D eigenvalue weighted by atomic mass is 9.78. The molecule has 1 N–H and O–H groups in total. The predicted octanol–water partition coefficient (Wildman–Crippen LogP) is 4.60. The molecule has 0 atom stereocenters. The molecule has 0 radical (unpaired) electrons. The fourth-order valence-corrected chi connectivity index (χ4v) is 4.56. The Balaban J connectivity index is 1.47. The van der Waals surface area contributed by atoms with Gasteiger partial charge in [-0.15, -0.1) is 0 Å². The molecule has 32 heavy (non-hydrogen) atoms. The lowest BCUT2D eigenvalue weighted by Gasteiger charge is -2.43. The second-order valence-corrected chi connectivity index (χ2v) is 8.93. The topological polar surface area (TPSA) is 43.8 Å². The molecule has 1 aliphatic heterocycles. The van der Waals surface area contributed by atoms with E-state index in [2.05, 4.69) is 41.3 Å². The van der Waals surface area contributed by atoms with E-state index in [9.17, 15) is 9.90 Å². The Labute approximate surface area is 191 Å². The minimum atomic E-state index is -0.271. The Morgan fingerprint density at radius 1 is 0.812 bits per heavy atom. The number of rotatable bonds is 8. The van der Waals surface area contributed by atoms with Crippen LogP contribution in [0.4, 0.5) is 0 Å². The van der Waals surface area contributed by atoms with Gasteiger partial charge in [0.15, 0.2) is 0 Å². The number of nitrogens with zero attached hydrogens (tertiary/aromatic N) is 2. The first kappa shape index (κ1) is 22.3. The Kier molecular flexibility index (Phi) is 7.35. The molecule has 1 amide bonds. The third-order valence-corrected chi connectivity index (χ3v) is 6.55. The number of aliphatic hydroxyl groups excluding tert-OH is 1. The molecule has 1 saturated heterocycles. The molecule has 4 nitrogen and oxygen atoms in total. The molecule has 3 aromatic carbocycles. The van der Waals surface area contributed by atoms with Crippen LogP contribution in [0.1, 0.15) is 34.3 Å². The van der Waals surface area contributed by atoms with E-state index in [0.717, 1.165) is 38.0 Å². The highest BCUT2D eigenvalue weighted by atomic mass is 16.3. The van der Waals surface area contributed by atoms with E-state index >= 15 is 0 Å². The molecule has 4 rings (SSSR count). The molecule has 0 spiro atoms. The maximum absolute atomic E-state index is 13.4. The molecular weight excluding hydrogens is 396 g/mol. The van der Waals surface area contributed by atoms with Crippen LogP contribution in [0.2, 0.25) is 0 Å². The summed E-state index contributed by atoms with van der Waals surface area (Å²) in [6, 6.07) is 30.1. The Morgan fingerprint density at radius 2 is 1.34 bits per heavy atom. The van der Waals surface area contributed by atoms with Crippen LogP contribution in [0.25, 0.3) is 0 Å². The number of benzene rings is 3. The minimum Gasteiger partial charge on any atom is -0.396 e. The van der Waals surface area contributed by atoms with Crippen LogP contribution in [-0.4, -0.2) is 47.1 Å². The van der Waals surface area contributed by atoms with Crippen LogP contribution in [0.15, 0.2) is 91.0 Å². The van der Waals surface area contributed by atoms with Gasteiger partial charge in [0.25, 0.3) is 5.91 Å². The number of aliphatic hydroxyl groups is 1. The first-order valence-corrected chi connectivity index (χ1v) is 11.4. The maximum Gasteiger partial charge on any atom is 0.254 e. The van der Waals surface area contributed by atoms with Crippen molar-refractivity contribution in [2.75, 3.05) is 26.2 Å². The van der Waals surface area contributed by atoms with Gasteiger partial charge in [-0.1, -0.05) is 78.9 Å². The van der Waals surface area contributed by atoms with Crippen molar-refractivity contribution in [3.8, 4) is 0 Å². The Morgan fingerprint density at radius 3 is 1.91 bits per heavy atom. The average molecular weight is 429 g/mol. The zero-order valence-electron chi connectivity index (χ0n) is 18.6. The molecule has 166 valence electrons. The van der Waals surface area contributed by atoms with Gasteiger partial charge in [0.1, 0.15) is 0 Å². The van der Waals surface area contributed by atoms with E-state index in [1.54, 1.807) is 0 Å². The fourth-order valence-electron chi connectivity index (χ4n) is 4.56. The molecule has 4 heteroatoms. The van der Waals surface area contributed by atoms with Crippen LogP contribution in [0.3, 0.4) is 0 Å². The molecule has 0 aromatic heterocycles. The van der Waals surface area contributed by atoms with Crippen molar-refractivity contribution in [2.45, 2.75) is 25.9 Å². The van der Waals surface area contributed by atoms with Gasteiger partial charge in [-0.05, 0) is 49.2 Å². The number of carbonyl (C=O) groups excluding carboxylic acids is 1. The molecular formula is C28H32N2O2. The molecule has 0 saturated carbocycles. The van der Waals surface area contributed by atoms with Crippen LogP contribution in [0.5, 0.6) is 0 Å². The summed E-state index contributed by atoms with van der Waals surface area (Å²) in [5, 5.41) is 10.4. The summed E-state index contributed by atoms with van der Waals surface area (Å²) in [5.41, 5.74) is 2.84. The van der Waals surface area contributed by atoms with Gasteiger partial charge < -0.3 is 10.0 Å². The number of hydrogen-bond acceptors (Lipinski definition) is 3. The van der Waals surface area contributed by atoms with Gasteiger partial charge in [-0.3, -0.25) is 9.69 Å². The summed E-state index contributed by atoms with van der Waals surface area (Å²) >= 11 is 0. The van der Waals surface area contributed by atoms with Gasteiger partial charge in [0, 0.05) is 30.6 Å². The van der Waals surface area contributed by atoms with Crippen molar-refractivity contribution in [3.05, 3.63) is 108 Å². The largest absolute Gasteiger partial charge is 0.396 e. The van der Waals surface area contributed by atoms with Gasteiger partial charge in [0.2, 0.25) is 0 Å². The van der Waals surface area contributed by atoms with Crippen molar-refractivity contribution in [1.82, 2.24) is 9.80 Å². The third kappa shape index (κ3) is 5.64. The zero-order valence-corrected chi connectivity index (χ0v) is 18.6. The van der Waals surface area contributed by atoms with Crippen molar-refractivity contribution in [1.29, 1.82) is 0 Å². The predicted molar refractivity (Wildman–Crippen MR) is 128 cm³/mol. The number of amides is 1. The average Bonchev–Trinajstić information content (AvgIpc) is 2.86. The summed E-state index contributed by atoms with van der Waals surface area (Å²) < 4.78 is 0. The van der Waals surface area contributed by atoms with Crippen molar-refractivity contribution in [3.63, 3.8) is 0 Å². The van der Waals surface area contributed by atoms with Crippen LogP contribution in [0, 0.1) is 5.41 Å². The highest BCUT2D eigenvalue weighted by Gasteiger charge is 2.37. The summed E-state index contributed by atoms with van der Waals surface area (Å²) in [6.45, 7) is 3.98. The lowest BCUT2D eigenvalue weighted by molar-refractivity contribution is 0.0100. The first-order chi connectivity index (χ1) is 15.7. The molecule has 1 heterocycles. The number of likely N-dealkylation sites (tertiary alicyclic amines) is 1. The summed E-state index contributed by atoms with van der Waals surface area (Å²) in [7, 11) is 0. The smallest absolute Gasteiger partial charge is 0.254 e. The van der Waals surface area contributed by atoms with Crippen molar-refractivity contribution in [2.24, 2.45) is 5.41 Å². The van der Waals surface area contributed by atoms with Crippen molar-refractivity contribution >= 4 is 5.91 Å². The van der Waals surface area contributed by atoms with Gasteiger partial charge in [-0.2, -0.15) is 0 Å². The van der Waals surface area contributed by atoms with Gasteiger partial charge in [-0.25, -0.2) is 0 Å². The molecule has 3 aromatic rings. The van der Waals surface area contributed by atoms with E-state index in [0.29, 0.717) is 18.7 Å². The lowest BCUT2D eigenvalue weighted by Crippen LogP contribution is -2.49. The highest BCUT2D eigenvalue weighted by Crippen LogP contribution is 2.33. The van der Waals surface area contributed by atoms with E-state index in [4.69, 9.17) is 0 Å². The number of hydrogen-bond donors (Lipinski definition) is 1. The molecule has 0 aliphatic carbocycles. The summed E-state index contributed by atoms with van der Waals surface area (Å²) in [6.07, 6.45) is 1.76. The monoisotopic (exact) mass is 428 g/mol. The molecule has 1 aliphatic rings. The van der Waals surface area contributed by atoms with Crippen LogP contribution in [-0.2, 0) is 13.1 Å². The first-order valence-electron chi connectivity index (χ1n) is 11.4. The SMILES string of the molecule is O=C(c1ccccc1)N(Cc1ccccc1)CC1(CO)CCN(Cc2ccccc2)CC1. The normalized spacial score (nSPS) is 15.9. The fraction of sp³-hybridized carbons (Fsp3) is 0.321. The second kappa shape index (κ2) is 10.6. The number of piperidine rings is 1. The van der Waals surface area contributed by atoms with Gasteiger partial charge >= 0.3 is 0 Å². The molecule has 0 bridgehead atoms. The van der Waals surface area contributed by atoms with E-state index < -0.39 is 0 Å². The van der Waals surface area contributed by atoms with E-state index in [1.807, 2.05) is 59.5 Å². The summed E-state index contributed by atoms with van der Waals surface area (Å²) in [5.74, 6) is 0.0222. The highest BCUT2D eigenvalue weighted by molar-refractivity contribution is 5.94. The van der Waals surface area contributed by atoms with Crippen LogP contribution < -0.4 is 0 Å². The van der Waals surface area contributed by atoms with Crippen molar-refractivity contribution < 1.29 is 9.90 Å². The van der Waals surface area contributed by atoms with E-state index in [1.165, 1.54) is 5.56 Å². The Hall–Kier alpha value is -2.95. The second-order valence-electron chi connectivity index (χ2n) is 8.93.